The minimum absolute atomic E-state index is 0.364. The number of hydrogen-bond donors (Lipinski definition) is 1. The molecule has 0 aliphatic heterocycles. The molecule has 5 heteroatoms. The van der Waals surface area contributed by atoms with Gasteiger partial charge in [-0.3, -0.25) is 4.98 Å². The van der Waals surface area contributed by atoms with Crippen LogP contribution in [0.4, 0.5) is 11.7 Å². The Labute approximate surface area is 116 Å². The number of hydrogen-bond acceptors (Lipinski definition) is 5. The fourth-order valence-corrected chi connectivity index (χ4v) is 1.99. The van der Waals surface area contributed by atoms with Gasteiger partial charge in [0.25, 0.3) is 5.89 Å². The van der Waals surface area contributed by atoms with E-state index in [0.29, 0.717) is 17.6 Å². The minimum Gasteiger partial charge on any atom is -0.401 e. The van der Waals surface area contributed by atoms with Gasteiger partial charge in [0.05, 0.1) is 0 Å². The second-order valence-electron chi connectivity index (χ2n) is 4.52. The van der Waals surface area contributed by atoms with E-state index < -0.39 is 0 Å². The van der Waals surface area contributed by atoms with E-state index in [2.05, 4.69) is 20.5 Å². The van der Waals surface area contributed by atoms with Gasteiger partial charge in [-0.1, -0.05) is 29.4 Å². The topological polar surface area (TPSA) is 63.8 Å². The molecule has 2 heterocycles. The van der Waals surface area contributed by atoms with Crippen LogP contribution in [0.3, 0.4) is 0 Å². The van der Waals surface area contributed by atoms with Crippen molar-refractivity contribution < 1.29 is 4.42 Å². The predicted octanol–water partition coefficient (Wildman–Crippen LogP) is 3.49. The van der Waals surface area contributed by atoms with Crippen molar-refractivity contribution in [2.24, 2.45) is 0 Å². The van der Waals surface area contributed by atoms with Crippen molar-refractivity contribution >= 4 is 11.7 Å². The summed E-state index contributed by atoms with van der Waals surface area (Å²) in [4.78, 5) is 4.18. The monoisotopic (exact) mass is 266 g/mol. The molecule has 0 saturated heterocycles. The second kappa shape index (κ2) is 5.13. The van der Waals surface area contributed by atoms with Crippen molar-refractivity contribution in [2.45, 2.75) is 13.8 Å². The van der Waals surface area contributed by atoms with Crippen molar-refractivity contribution in [1.29, 1.82) is 0 Å². The average molecular weight is 266 g/mol. The zero-order valence-electron chi connectivity index (χ0n) is 11.3. The van der Waals surface area contributed by atoms with E-state index >= 15 is 0 Å². The highest BCUT2D eigenvalue weighted by atomic mass is 16.4. The fraction of sp³-hybridized carbons (Fsp3) is 0.133. The summed E-state index contributed by atoms with van der Waals surface area (Å²) in [5.74, 6) is 0.402. The van der Waals surface area contributed by atoms with Crippen molar-refractivity contribution in [1.82, 2.24) is 15.2 Å². The molecule has 1 aromatic carbocycles. The van der Waals surface area contributed by atoms with Crippen LogP contribution in [0.5, 0.6) is 0 Å². The molecule has 0 aliphatic carbocycles. The van der Waals surface area contributed by atoms with Gasteiger partial charge in [-0.15, -0.1) is 5.10 Å². The lowest BCUT2D eigenvalue weighted by atomic mass is 10.1. The SMILES string of the molecule is Cc1cccc(C)c1Nc1nnc(-c2ccccn2)o1. The van der Waals surface area contributed by atoms with E-state index in [0.717, 1.165) is 16.8 Å². The van der Waals surface area contributed by atoms with E-state index in [1.165, 1.54) is 0 Å². The smallest absolute Gasteiger partial charge is 0.320 e. The van der Waals surface area contributed by atoms with Gasteiger partial charge >= 0.3 is 6.01 Å². The zero-order valence-corrected chi connectivity index (χ0v) is 11.3. The summed E-state index contributed by atoms with van der Waals surface area (Å²) in [5.41, 5.74) is 3.91. The Kier molecular flexibility index (Phi) is 3.16. The maximum Gasteiger partial charge on any atom is 0.320 e. The number of para-hydroxylation sites is 1. The largest absolute Gasteiger partial charge is 0.401 e. The Balaban J connectivity index is 1.88. The number of benzene rings is 1. The van der Waals surface area contributed by atoms with Gasteiger partial charge in [-0.05, 0) is 37.1 Å². The predicted molar refractivity (Wildman–Crippen MR) is 76.7 cm³/mol. The lowest BCUT2D eigenvalue weighted by Crippen LogP contribution is -1.95. The van der Waals surface area contributed by atoms with Crippen molar-refractivity contribution in [3.05, 3.63) is 53.7 Å². The van der Waals surface area contributed by atoms with Crippen LogP contribution in [-0.2, 0) is 0 Å². The summed E-state index contributed by atoms with van der Waals surface area (Å²) in [7, 11) is 0. The third kappa shape index (κ3) is 2.38. The molecule has 1 N–H and O–H groups in total. The Bertz CT molecular complexity index is 701. The van der Waals surface area contributed by atoms with Crippen LogP contribution in [0.15, 0.2) is 47.0 Å². The number of aromatic nitrogens is 3. The Morgan fingerprint density at radius 3 is 2.45 bits per heavy atom. The molecular formula is C15H14N4O. The molecule has 5 nitrogen and oxygen atoms in total. The summed E-state index contributed by atoms with van der Waals surface area (Å²) < 4.78 is 5.59. The molecule has 0 bridgehead atoms. The standard InChI is InChI=1S/C15H14N4O/c1-10-6-5-7-11(2)13(10)17-15-19-18-14(20-15)12-8-3-4-9-16-12/h3-9H,1-2H3,(H,17,19). The second-order valence-corrected chi connectivity index (χ2v) is 4.52. The van der Waals surface area contributed by atoms with Gasteiger partial charge in [0.2, 0.25) is 0 Å². The zero-order chi connectivity index (χ0) is 13.9. The van der Waals surface area contributed by atoms with Crippen molar-refractivity contribution in [2.75, 3.05) is 5.32 Å². The molecule has 0 amide bonds. The number of pyridine rings is 1. The minimum atomic E-state index is 0.364. The lowest BCUT2D eigenvalue weighted by Gasteiger charge is -2.08. The number of aryl methyl sites for hydroxylation is 2. The molecule has 2 aromatic heterocycles. The normalized spacial score (nSPS) is 10.5. The molecule has 0 fully saturated rings. The molecule has 0 spiro atoms. The molecule has 20 heavy (non-hydrogen) atoms. The molecule has 0 atom stereocenters. The maximum atomic E-state index is 5.59. The molecule has 0 radical (unpaired) electrons. The number of nitrogens with one attached hydrogen (secondary N) is 1. The third-order valence-corrected chi connectivity index (χ3v) is 3.02. The molecule has 0 saturated carbocycles. The number of rotatable bonds is 3. The molecule has 0 aliphatic rings. The first kappa shape index (κ1) is 12.3. The van der Waals surface area contributed by atoms with Crippen LogP contribution >= 0.6 is 0 Å². The summed E-state index contributed by atoms with van der Waals surface area (Å²) in [6.07, 6.45) is 1.69. The van der Waals surface area contributed by atoms with Crippen LogP contribution in [0.1, 0.15) is 11.1 Å². The first-order chi connectivity index (χ1) is 9.74. The van der Waals surface area contributed by atoms with Crippen LogP contribution in [-0.4, -0.2) is 15.2 Å². The van der Waals surface area contributed by atoms with E-state index in [-0.39, 0.29) is 0 Å². The molecule has 3 aromatic rings. The van der Waals surface area contributed by atoms with Crippen LogP contribution < -0.4 is 5.32 Å². The summed E-state index contributed by atoms with van der Waals surface area (Å²) in [6, 6.07) is 12.0. The summed E-state index contributed by atoms with van der Waals surface area (Å²) >= 11 is 0. The van der Waals surface area contributed by atoms with E-state index in [9.17, 15) is 0 Å². The van der Waals surface area contributed by atoms with Gasteiger partial charge in [0, 0.05) is 11.9 Å². The summed E-state index contributed by atoms with van der Waals surface area (Å²) in [5, 5.41) is 11.2. The van der Waals surface area contributed by atoms with Gasteiger partial charge in [0.1, 0.15) is 5.69 Å². The first-order valence-corrected chi connectivity index (χ1v) is 6.32. The van der Waals surface area contributed by atoms with Crippen molar-refractivity contribution in [3.63, 3.8) is 0 Å². The average Bonchev–Trinajstić information content (AvgIpc) is 2.93. The summed E-state index contributed by atoms with van der Waals surface area (Å²) in [6.45, 7) is 4.07. The van der Waals surface area contributed by atoms with Crippen LogP contribution in [0, 0.1) is 13.8 Å². The van der Waals surface area contributed by atoms with Gasteiger partial charge in [0.15, 0.2) is 0 Å². The van der Waals surface area contributed by atoms with Crippen molar-refractivity contribution in [3.8, 4) is 11.6 Å². The molecule has 0 unspecified atom stereocenters. The highest BCUT2D eigenvalue weighted by Gasteiger charge is 2.11. The molecular weight excluding hydrogens is 252 g/mol. The van der Waals surface area contributed by atoms with E-state index in [4.69, 9.17) is 4.42 Å². The highest BCUT2D eigenvalue weighted by molar-refractivity contribution is 5.62. The fourth-order valence-electron chi connectivity index (χ4n) is 1.99. The van der Waals surface area contributed by atoms with Crippen LogP contribution in [0.2, 0.25) is 0 Å². The van der Waals surface area contributed by atoms with E-state index in [1.54, 1.807) is 6.20 Å². The molecule has 100 valence electrons. The van der Waals surface area contributed by atoms with Gasteiger partial charge in [-0.2, -0.15) is 0 Å². The maximum absolute atomic E-state index is 5.59. The van der Waals surface area contributed by atoms with E-state index in [1.807, 2.05) is 50.2 Å². The van der Waals surface area contributed by atoms with Crippen LogP contribution in [0.25, 0.3) is 11.6 Å². The molecule has 3 rings (SSSR count). The highest BCUT2D eigenvalue weighted by Crippen LogP contribution is 2.25. The third-order valence-electron chi connectivity index (χ3n) is 3.02. The Morgan fingerprint density at radius 2 is 1.75 bits per heavy atom. The number of nitrogens with zero attached hydrogens (tertiary/aromatic N) is 3. The lowest BCUT2D eigenvalue weighted by molar-refractivity contribution is 0.585. The first-order valence-electron chi connectivity index (χ1n) is 6.32. The van der Waals surface area contributed by atoms with Gasteiger partial charge in [-0.25, -0.2) is 0 Å². The Hall–Kier alpha value is -2.69. The number of anilines is 2. The quantitative estimate of drug-likeness (QED) is 0.786. The van der Waals surface area contributed by atoms with Gasteiger partial charge < -0.3 is 9.73 Å². The Morgan fingerprint density at radius 1 is 0.950 bits per heavy atom.